The van der Waals surface area contributed by atoms with Crippen LogP contribution < -0.4 is 4.74 Å². The Kier molecular flexibility index (Phi) is 3.00. The molecule has 21 heavy (non-hydrogen) atoms. The second kappa shape index (κ2) is 4.88. The fourth-order valence-electron chi connectivity index (χ4n) is 3.04. The van der Waals surface area contributed by atoms with Crippen molar-refractivity contribution in [3.8, 4) is 5.75 Å². The molecule has 0 fully saturated rings. The van der Waals surface area contributed by atoms with Gasteiger partial charge in [-0.3, -0.25) is 5.01 Å². The van der Waals surface area contributed by atoms with Gasteiger partial charge in [-0.05, 0) is 30.7 Å². The number of hydrogen-bond donors (Lipinski definition) is 0. The van der Waals surface area contributed by atoms with E-state index in [2.05, 4.69) is 58.2 Å². The largest absolute Gasteiger partial charge is 0.469 e. The summed E-state index contributed by atoms with van der Waals surface area (Å²) in [6.45, 7) is 2.05. The lowest BCUT2D eigenvalue weighted by atomic mass is 9.97. The topological polar surface area (TPSA) is 24.8 Å². The molecule has 0 N–H and O–H groups in total. The first kappa shape index (κ1) is 12.9. The fraction of sp³-hybridized carbons (Fsp3) is 0.235. The quantitative estimate of drug-likeness (QED) is 0.770. The molecule has 0 radical (unpaired) electrons. The van der Waals surface area contributed by atoms with Crippen molar-refractivity contribution in [1.82, 2.24) is 5.01 Å². The Bertz CT molecular complexity index is 714. The number of nitrogens with zero attached hydrogens (tertiary/aromatic N) is 2. The fourth-order valence-corrected chi connectivity index (χ4v) is 3.42. The van der Waals surface area contributed by atoms with E-state index >= 15 is 0 Å². The van der Waals surface area contributed by atoms with E-state index < -0.39 is 0 Å². The average Bonchev–Trinajstić information content (AvgIpc) is 2.95. The van der Waals surface area contributed by atoms with Crippen molar-refractivity contribution >= 4 is 21.6 Å². The normalized spacial score (nSPS) is 23.1. The van der Waals surface area contributed by atoms with Gasteiger partial charge in [0.25, 0.3) is 0 Å². The maximum atomic E-state index is 5.98. The van der Waals surface area contributed by atoms with E-state index in [1.165, 1.54) is 11.1 Å². The van der Waals surface area contributed by atoms with E-state index in [-0.39, 0.29) is 12.3 Å². The zero-order valence-corrected chi connectivity index (χ0v) is 13.2. The molecule has 0 bridgehead atoms. The number of hydrogen-bond acceptors (Lipinski definition) is 3. The van der Waals surface area contributed by atoms with Crippen LogP contribution in [0, 0.1) is 0 Å². The molecule has 4 heteroatoms. The monoisotopic (exact) mass is 342 g/mol. The van der Waals surface area contributed by atoms with Crippen LogP contribution in [0.2, 0.25) is 0 Å². The van der Waals surface area contributed by atoms with Crippen molar-refractivity contribution in [2.24, 2.45) is 5.10 Å². The Morgan fingerprint density at radius 1 is 1.19 bits per heavy atom. The van der Waals surface area contributed by atoms with E-state index in [9.17, 15) is 0 Å². The summed E-state index contributed by atoms with van der Waals surface area (Å²) in [7, 11) is 0. The Hall–Kier alpha value is -1.81. The highest BCUT2D eigenvalue weighted by atomic mass is 79.9. The van der Waals surface area contributed by atoms with Crippen LogP contribution in [-0.4, -0.2) is 16.9 Å². The molecule has 106 valence electrons. The van der Waals surface area contributed by atoms with Gasteiger partial charge in [-0.2, -0.15) is 5.10 Å². The van der Waals surface area contributed by atoms with Crippen LogP contribution in [0.3, 0.4) is 0 Å². The zero-order valence-electron chi connectivity index (χ0n) is 11.7. The molecule has 3 nitrogen and oxygen atoms in total. The zero-order chi connectivity index (χ0) is 14.4. The van der Waals surface area contributed by atoms with Crippen LogP contribution in [0.25, 0.3) is 0 Å². The average molecular weight is 343 g/mol. The Balaban J connectivity index is 1.74. The van der Waals surface area contributed by atoms with Crippen LogP contribution in [-0.2, 0) is 0 Å². The first-order chi connectivity index (χ1) is 10.2. The molecule has 0 saturated heterocycles. The second-order valence-corrected chi connectivity index (χ2v) is 6.33. The maximum absolute atomic E-state index is 5.98. The van der Waals surface area contributed by atoms with Gasteiger partial charge in [0.1, 0.15) is 5.75 Å². The number of rotatable bonds is 1. The molecule has 2 aromatic carbocycles. The minimum Gasteiger partial charge on any atom is -0.469 e. The van der Waals surface area contributed by atoms with E-state index in [0.29, 0.717) is 0 Å². The predicted octanol–water partition coefficient (Wildman–Crippen LogP) is 4.34. The van der Waals surface area contributed by atoms with E-state index in [4.69, 9.17) is 9.84 Å². The van der Waals surface area contributed by atoms with Gasteiger partial charge in [-0.15, -0.1) is 0 Å². The van der Waals surface area contributed by atoms with E-state index in [0.717, 1.165) is 22.4 Å². The summed E-state index contributed by atoms with van der Waals surface area (Å²) in [5.41, 5.74) is 3.52. The molecule has 0 spiro atoms. The lowest BCUT2D eigenvalue weighted by Gasteiger charge is -2.36. The molecule has 0 amide bonds. The molecule has 2 heterocycles. The summed E-state index contributed by atoms with van der Waals surface area (Å²) in [5, 5.41) is 6.88. The van der Waals surface area contributed by atoms with Gasteiger partial charge in [0.05, 0.1) is 11.8 Å². The summed E-state index contributed by atoms with van der Waals surface area (Å²) in [5.74, 6) is 0.969. The molecule has 0 saturated carbocycles. The van der Waals surface area contributed by atoms with Crippen molar-refractivity contribution in [3.05, 3.63) is 64.1 Å². The van der Waals surface area contributed by atoms with Gasteiger partial charge in [0, 0.05) is 16.5 Å². The summed E-state index contributed by atoms with van der Waals surface area (Å²) in [6.07, 6.45) is 0.881. The van der Waals surface area contributed by atoms with Crippen molar-refractivity contribution < 1.29 is 4.74 Å². The smallest absolute Gasteiger partial charge is 0.185 e. The second-order valence-electron chi connectivity index (χ2n) is 5.41. The molecule has 2 atom stereocenters. The van der Waals surface area contributed by atoms with Gasteiger partial charge in [0.2, 0.25) is 0 Å². The number of halogens is 1. The molecule has 0 unspecified atom stereocenters. The Labute approximate surface area is 132 Å². The molecular formula is C17H15BrN2O. The summed E-state index contributed by atoms with van der Waals surface area (Å²) in [4.78, 5) is 0. The molecular weight excluding hydrogens is 328 g/mol. The van der Waals surface area contributed by atoms with Crippen LogP contribution in [0.15, 0.2) is 58.1 Å². The highest BCUT2D eigenvalue weighted by molar-refractivity contribution is 9.10. The predicted molar refractivity (Wildman–Crippen MR) is 86.4 cm³/mol. The van der Waals surface area contributed by atoms with Gasteiger partial charge in [0.15, 0.2) is 6.23 Å². The van der Waals surface area contributed by atoms with Gasteiger partial charge in [-0.1, -0.05) is 46.3 Å². The van der Waals surface area contributed by atoms with Crippen LogP contribution >= 0.6 is 15.9 Å². The summed E-state index contributed by atoms with van der Waals surface area (Å²) in [6, 6.07) is 16.8. The SMILES string of the molecule is C[C@@H]1Oc2ccc(Br)cc2[C@@H]2CC(c3ccccc3)=NN12. The summed E-state index contributed by atoms with van der Waals surface area (Å²) < 4.78 is 7.06. The Morgan fingerprint density at radius 3 is 2.81 bits per heavy atom. The van der Waals surface area contributed by atoms with Gasteiger partial charge < -0.3 is 4.74 Å². The van der Waals surface area contributed by atoms with Crippen molar-refractivity contribution in [1.29, 1.82) is 0 Å². The lowest BCUT2D eigenvalue weighted by molar-refractivity contribution is -0.00339. The number of fused-ring (bicyclic) bond motifs is 3. The molecule has 4 rings (SSSR count). The minimum absolute atomic E-state index is 0.0371. The van der Waals surface area contributed by atoms with Crippen LogP contribution in [0.1, 0.15) is 30.5 Å². The molecule has 0 aromatic heterocycles. The van der Waals surface area contributed by atoms with Crippen LogP contribution in [0.5, 0.6) is 5.75 Å². The third-order valence-electron chi connectivity index (χ3n) is 4.05. The van der Waals surface area contributed by atoms with E-state index in [1.807, 2.05) is 18.2 Å². The number of benzene rings is 2. The maximum Gasteiger partial charge on any atom is 0.185 e. The van der Waals surface area contributed by atoms with Gasteiger partial charge in [-0.25, -0.2) is 0 Å². The molecule has 2 aliphatic rings. The third-order valence-corrected chi connectivity index (χ3v) is 4.54. The lowest BCUT2D eigenvalue weighted by Crippen LogP contribution is -2.37. The van der Waals surface area contributed by atoms with Crippen LogP contribution in [0.4, 0.5) is 0 Å². The minimum atomic E-state index is -0.0371. The molecule has 0 aliphatic carbocycles. The highest BCUT2D eigenvalue weighted by Gasteiger charge is 2.38. The van der Waals surface area contributed by atoms with Crippen molar-refractivity contribution in [2.75, 3.05) is 0 Å². The Morgan fingerprint density at radius 2 is 2.00 bits per heavy atom. The number of hydrazone groups is 1. The standard InChI is InChI=1S/C17H15BrN2O/c1-11-20-16(14-9-13(18)7-8-17(14)21-11)10-15(19-20)12-5-3-2-4-6-12/h2-9,11,16H,10H2,1H3/t11-,16-/m0/s1. The molecule has 2 aromatic rings. The van der Waals surface area contributed by atoms with Crippen molar-refractivity contribution in [2.45, 2.75) is 25.6 Å². The van der Waals surface area contributed by atoms with Crippen molar-refractivity contribution in [3.63, 3.8) is 0 Å². The highest BCUT2D eigenvalue weighted by Crippen LogP contribution is 2.43. The summed E-state index contributed by atoms with van der Waals surface area (Å²) >= 11 is 3.55. The number of ether oxygens (including phenoxy) is 1. The third kappa shape index (κ3) is 2.14. The molecule has 2 aliphatic heterocycles. The van der Waals surface area contributed by atoms with E-state index in [1.54, 1.807) is 0 Å². The van der Waals surface area contributed by atoms with Gasteiger partial charge >= 0.3 is 0 Å². The first-order valence-electron chi connectivity index (χ1n) is 7.10. The first-order valence-corrected chi connectivity index (χ1v) is 7.89.